The van der Waals surface area contributed by atoms with Gasteiger partial charge in [0.05, 0.1) is 5.56 Å². The van der Waals surface area contributed by atoms with Crippen LogP contribution in [0.5, 0.6) is 5.75 Å². The number of ether oxygens (including phenoxy) is 1. The summed E-state index contributed by atoms with van der Waals surface area (Å²) in [6.07, 6.45) is 0. The van der Waals surface area contributed by atoms with Crippen molar-refractivity contribution in [3.05, 3.63) is 64.7 Å². The molecule has 0 bridgehead atoms. The molecule has 98 valence electrons. The van der Waals surface area contributed by atoms with E-state index in [0.29, 0.717) is 17.9 Å². The molecule has 0 heterocycles. The first-order chi connectivity index (χ1) is 9.08. The molecule has 0 aromatic heterocycles. The van der Waals surface area contributed by atoms with Crippen LogP contribution in [-0.4, -0.2) is 5.78 Å². The van der Waals surface area contributed by atoms with Gasteiger partial charge in [0.2, 0.25) is 0 Å². The van der Waals surface area contributed by atoms with E-state index in [1.54, 1.807) is 6.92 Å². The highest BCUT2D eigenvalue weighted by atomic mass is 16.5. The van der Waals surface area contributed by atoms with Crippen LogP contribution in [0.2, 0.25) is 0 Å². The summed E-state index contributed by atoms with van der Waals surface area (Å²) in [6, 6.07) is 13.8. The zero-order chi connectivity index (χ0) is 13.8. The molecule has 2 aromatic carbocycles. The third-order valence-electron chi connectivity index (χ3n) is 3.16. The van der Waals surface area contributed by atoms with Crippen LogP contribution in [0.15, 0.2) is 42.5 Å². The highest BCUT2D eigenvalue weighted by molar-refractivity contribution is 5.97. The Bertz CT molecular complexity index is 600. The summed E-state index contributed by atoms with van der Waals surface area (Å²) in [5, 5.41) is 0. The minimum atomic E-state index is 0.0310. The van der Waals surface area contributed by atoms with Gasteiger partial charge >= 0.3 is 0 Å². The first-order valence-corrected chi connectivity index (χ1v) is 6.37. The Kier molecular flexibility index (Phi) is 4.00. The van der Waals surface area contributed by atoms with Crippen molar-refractivity contribution in [1.82, 2.24) is 0 Å². The van der Waals surface area contributed by atoms with Gasteiger partial charge in [0.15, 0.2) is 5.78 Å². The number of aryl methyl sites for hydroxylation is 2. The maximum Gasteiger partial charge on any atom is 0.163 e. The number of carbonyl (C=O) groups is 1. The number of hydrogen-bond acceptors (Lipinski definition) is 2. The van der Waals surface area contributed by atoms with Crippen LogP contribution in [0, 0.1) is 13.8 Å². The van der Waals surface area contributed by atoms with Crippen molar-refractivity contribution in [2.24, 2.45) is 0 Å². The smallest absolute Gasteiger partial charge is 0.163 e. The first kappa shape index (κ1) is 13.3. The summed E-state index contributed by atoms with van der Waals surface area (Å²) >= 11 is 0. The van der Waals surface area contributed by atoms with Crippen LogP contribution in [0.3, 0.4) is 0 Å². The predicted molar refractivity (Wildman–Crippen MR) is 76.7 cm³/mol. The van der Waals surface area contributed by atoms with Crippen LogP contribution < -0.4 is 4.74 Å². The summed E-state index contributed by atoms with van der Waals surface area (Å²) in [6.45, 7) is 6.07. The molecule has 2 heteroatoms. The standard InChI is InChI=1S/C17H18O2/c1-12-8-9-17(16(10-12)14(3)18)19-11-15-7-5-4-6-13(15)2/h4-10H,11H2,1-3H3. The summed E-state index contributed by atoms with van der Waals surface area (Å²) in [5.74, 6) is 0.685. The second-order valence-electron chi connectivity index (χ2n) is 4.77. The van der Waals surface area contributed by atoms with Crippen LogP contribution in [-0.2, 0) is 6.61 Å². The Morgan fingerprint density at radius 1 is 1.11 bits per heavy atom. The summed E-state index contributed by atoms with van der Waals surface area (Å²) < 4.78 is 5.80. The Morgan fingerprint density at radius 2 is 1.84 bits per heavy atom. The fourth-order valence-corrected chi connectivity index (χ4v) is 1.97. The first-order valence-electron chi connectivity index (χ1n) is 6.37. The molecule has 0 saturated heterocycles. The van der Waals surface area contributed by atoms with Crippen molar-refractivity contribution in [3.8, 4) is 5.75 Å². The Labute approximate surface area is 114 Å². The van der Waals surface area contributed by atoms with E-state index in [4.69, 9.17) is 4.74 Å². The van der Waals surface area contributed by atoms with Gasteiger partial charge in [-0.1, -0.05) is 35.9 Å². The minimum absolute atomic E-state index is 0.0310. The molecule has 2 aromatic rings. The van der Waals surface area contributed by atoms with Gasteiger partial charge in [-0.3, -0.25) is 4.79 Å². The highest BCUT2D eigenvalue weighted by Crippen LogP contribution is 2.22. The molecule has 0 atom stereocenters. The molecule has 0 N–H and O–H groups in total. The van der Waals surface area contributed by atoms with Gasteiger partial charge in [0.1, 0.15) is 12.4 Å². The van der Waals surface area contributed by atoms with Gasteiger partial charge in [-0.15, -0.1) is 0 Å². The predicted octanol–water partition coefficient (Wildman–Crippen LogP) is 4.09. The summed E-state index contributed by atoms with van der Waals surface area (Å²) in [5.41, 5.74) is 4.04. The molecule has 0 fully saturated rings. The van der Waals surface area contributed by atoms with Crippen LogP contribution in [0.1, 0.15) is 34.0 Å². The summed E-state index contributed by atoms with van der Waals surface area (Å²) in [7, 11) is 0. The molecule has 19 heavy (non-hydrogen) atoms. The zero-order valence-corrected chi connectivity index (χ0v) is 11.6. The van der Waals surface area contributed by atoms with E-state index >= 15 is 0 Å². The molecule has 0 radical (unpaired) electrons. The molecule has 0 amide bonds. The van der Waals surface area contributed by atoms with Gasteiger partial charge in [-0.25, -0.2) is 0 Å². The Hall–Kier alpha value is -2.09. The lowest BCUT2D eigenvalue weighted by atomic mass is 10.1. The van der Waals surface area contributed by atoms with E-state index in [2.05, 4.69) is 13.0 Å². The quantitative estimate of drug-likeness (QED) is 0.768. The number of hydrogen-bond donors (Lipinski definition) is 0. The fraction of sp³-hybridized carbons (Fsp3) is 0.235. The number of benzene rings is 2. The molecular formula is C17H18O2. The normalized spacial score (nSPS) is 10.3. The van der Waals surface area contributed by atoms with Gasteiger partial charge < -0.3 is 4.74 Å². The van der Waals surface area contributed by atoms with Crippen molar-refractivity contribution < 1.29 is 9.53 Å². The van der Waals surface area contributed by atoms with Crippen molar-refractivity contribution in [2.75, 3.05) is 0 Å². The molecule has 2 rings (SSSR count). The third kappa shape index (κ3) is 3.22. The van der Waals surface area contributed by atoms with Crippen molar-refractivity contribution >= 4 is 5.78 Å². The number of Topliss-reactive ketones (excluding diaryl/α,β-unsaturated/α-hetero) is 1. The van der Waals surface area contributed by atoms with Crippen LogP contribution >= 0.6 is 0 Å². The maximum absolute atomic E-state index is 11.6. The van der Waals surface area contributed by atoms with Crippen LogP contribution in [0.4, 0.5) is 0 Å². The number of carbonyl (C=O) groups excluding carboxylic acids is 1. The van der Waals surface area contributed by atoms with E-state index in [0.717, 1.165) is 11.1 Å². The Morgan fingerprint density at radius 3 is 2.53 bits per heavy atom. The largest absolute Gasteiger partial charge is 0.488 e. The lowest BCUT2D eigenvalue weighted by Crippen LogP contribution is -2.03. The molecular weight excluding hydrogens is 236 g/mol. The SMILES string of the molecule is CC(=O)c1cc(C)ccc1OCc1ccccc1C. The Balaban J connectivity index is 2.20. The third-order valence-corrected chi connectivity index (χ3v) is 3.16. The fourth-order valence-electron chi connectivity index (χ4n) is 1.97. The lowest BCUT2D eigenvalue weighted by Gasteiger charge is -2.12. The van der Waals surface area contributed by atoms with Gasteiger partial charge in [-0.05, 0) is 44.0 Å². The maximum atomic E-state index is 11.6. The van der Waals surface area contributed by atoms with E-state index < -0.39 is 0 Å². The highest BCUT2D eigenvalue weighted by Gasteiger charge is 2.09. The topological polar surface area (TPSA) is 26.3 Å². The molecule has 0 aliphatic rings. The van der Waals surface area contributed by atoms with Crippen LogP contribution in [0.25, 0.3) is 0 Å². The average Bonchev–Trinajstić information content (AvgIpc) is 2.38. The monoisotopic (exact) mass is 254 g/mol. The van der Waals surface area contributed by atoms with E-state index in [-0.39, 0.29) is 5.78 Å². The summed E-state index contributed by atoms with van der Waals surface area (Å²) in [4.78, 5) is 11.6. The van der Waals surface area contributed by atoms with E-state index in [1.165, 1.54) is 5.56 Å². The molecule has 2 nitrogen and oxygen atoms in total. The lowest BCUT2D eigenvalue weighted by molar-refractivity contribution is 0.101. The van der Waals surface area contributed by atoms with Crippen molar-refractivity contribution in [1.29, 1.82) is 0 Å². The minimum Gasteiger partial charge on any atom is -0.488 e. The van der Waals surface area contributed by atoms with E-state index in [9.17, 15) is 4.79 Å². The molecule has 0 unspecified atom stereocenters. The molecule has 0 saturated carbocycles. The molecule has 0 spiro atoms. The molecule has 0 aliphatic carbocycles. The van der Waals surface area contributed by atoms with Crippen molar-refractivity contribution in [2.45, 2.75) is 27.4 Å². The number of rotatable bonds is 4. The van der Waals surface area contributed by atoms with Gasteiger partial charge in [0.25, 0.3) is 0 Å². The second-order valence-corrected chi connectivity index (χ2v) is 4.77. The molecule has 0 aliphatic heterocycles. The number of ketones is 1. The zero-order valence-electron chi connectivity index (χ0n) is 11.6. The van der Waals surface area contributed by atoms with Crippen molar-refractivity contribution in [3.63, 3.8) is 0 Å². The van der Waals surface area contributed by atoms with Gasteiger partial charge in [0, 0.05) is 0 Å². The second kappa shape index (κ2) is 5.70. The van der Waals surface area contributed by atoms with Gasteiger partial charge in [-0.2, -0.15) is 0 Å². The average molecular weight is 254 g/mol. The van der Waals surface area contributed by atoms with E-state index in [1.807, 2.05) is 43.3 Å².